The summed E-state index contributed by atoms with van der Waals surface area (Å²) in [6, 6.07) is 0. The van der Waals surface area contributed by atoms with Crippen LogP contribution < -0.4 is 4.72 Å². The average Bonchev–Trinajstić information content (AvgIpc) is 2.00. The zero-order chi connectivity index (χ0) is 9.78. The average molecular weight is 194 g/mol. The molecular weight excluding hydrogens is 184 g/mol. The molecule has 7 heteroatoms. The highest BCUT2D eigenvalue weighted by atomic mass is 32.2. The quantitative estimate of drug-likeness (QED) is 0.489. The van der Waals surface area contributed by atoms with E-state index in [1.165, 1.54) is 6.92 Å². The number of hydrogen-bond acceptors (Lipinski definition) is 4. The van der Waals surface area contributed by atoms with E-state index in [9.17, 15) is 13.2 Å². The second-order valence-electron chi connectivity index (χ2n) is 2.01. The van der Waals surface area contributed by atoms with Crippen molar-refractivity contribution in [2.75, 3.05) is 12.3 Å². The van der Waals surface area contributed by atoms with Crippen LogP contribution in [0, 0.1) is 5.41 Å². The van der Waals surface area contributed by atoms with Gasteiger partial charge in [0.25, 0.3) is 0 Å². The van der Waals surface area contributed by atoms with E-state index < -0.39 is 28.2 Å². The third-order valence-electron chi connectivity index (χ3n) is 1.11. The van der Waals surface area contributed by atoms with Crippen molar-refractivity contribution < 1.29 is 18.3 Å². The Bertz CT molecular complexity index is 282. The van der Waals surface area contributed by atoms with Gasteiger partial charge in [-0.05, 0) is 6.92 Å². The van der Waals surface area contributed by atoms with Gasteiger partial charge in [0.05, 0.1) is 12.3 Å². The molecule has 0 spiro atoms. The first-order chi connectivity index (χ1) is 5.39. The number of aliphatic carboxylic acids is 1. The number of carboxylic acids is 1. The molecule has 0 aliphatic carbocycles. The lowest BCUT2D eigenvalue weighted by molar-refractivity contribution is -0.129. The first-order valence-electron chi connectivity index (χ1n) is 3.17. The van der Waals surface area contributed by atoms with Crippen LogP contribution in [0.3, 0.4) is 0 Å². The molecule has 0 rings (SSSR count). The fraction of sp³-hybridized carbons (Fsp3) is 0.600. The third-order valence-corrected chi connectivity index (χ3v) is 2.45. The molecule has 0 unspecified atom stereocenters. The summed E-state index contributed by atoms with van der Waals surface area (Å²) in [7, 11) is -3.40. The van der Waals surface area contributed by atoms with Crippen LogP contribution >= 0.6 is 0 Å². The number of carboxylic acid groups (broad SMARTS) is 1. The SMILES string of the molecule is CCS(=O)(=O)NCC(=N)C(=O)O. The number of nitrogens with one attached hydrogen (secondary N) is 2. The summed E-state index contributed by atoms with van der Waals surface area (Å²) in [4.78, 5) is 10.0. The Balaban J connectivity index is 4.02. The number of rotatable bonds is 5. The summed E-state index contributed by atoms with van der Waals surface area (Å²) in [5.41, 5.74) is -0.674. The molecule has 0 radical (unpaired) electrons. The third kappa shape index (κ3) is 4.04. The van der Waals surface area contributed by atoms with Gasteiger partial charge in [0, 0.05) is 0 Å². The molecular formula is C5H10N2O4S. The molecule has 0 aromatic carbocycles. The molecule has 0 saturated heterocycles. The van der Waals surface area contributed by atoms with Crippen molar-refractivity contribution >= 4 is 21.7 Å². The largest absolute Gasteiger partial charge is 0.477 e. The molecule has 70 valence electrons. The lowest BCUT2D eigenvalue weighted by atomic mass is 10.4. The molecule has 12 heavy (non-hydrogen) atoms. The molecule has 0 aliphatic heterocycles. The molecule has 3 N–H and O–H groups in total. The lowest BCUT2D eigenvalue weighted by Gasteiger charge is -2.01. The summed E-state index contributed by atoms with van der Waals surface area (Å²) in [6.07, 6.45) is 0. The molecule has 0 bridgehead atoms. The topological polar surface area (TPSA) is 107 Å². The summed E-state index contributed by atoms with van der Waals surface area (Å²) in [5, 5.41) is 15.0. The van der Waals surface area contributed by atoms with Crippen LogP contribution in [0.15, 0.2) is 0 Å². The number of hydrogen-bond donors (Lipinski definition) is 3. The van der Waals surface area contributed by atoms with Gasteiger partial charge in [-0.1, -0.05) is 0 Å². The highest BCUT2D eigenvalue weighted by Gasteiger charge is 2.11. The van der Waals surface area contributed by atoms with E-state index in [-0.39, 0.29) is 5.75 Å². The van der Waals surface area contributed by atoms with E-state index in [4.69, 9.17) is 10.5 Å². The smallest absolute Gasteiger partial charge is 0.350 e. The summed E-state index contributed by atoms with van der Waals surface area (Å²) >= 11 is 0. The van der Waals surface area contributed by atoms with Gasteiger partial charge in [0.15, 0.2) is 0 Å². The zero-order valence-corrected chi connectivity index (χ0v) is 7.31. The first-order valence-corrected chi connectivity index (χ1v) is 4.82. The summed E-state index contributed by atoms with van der Waals surface area (Å²) < 4.78 is 23.4. The molecule has 0 aliphatic rings. The maximum absolute atomic E-state index is 10.7. The molecule has 0 saturated carbocycles. The van der Waals surface area contributed by atoms with Crippen LogP contribution in [-0.4, -0.2) is 37.5 Å². The summed E-state index contributed by atoms with van der Waals surface area (Å²) in [5.74, 6) is -1.55. The Labute approximate surface area is 70.2 Å². The van der Waals surface area contributed by atoms with Crippen LogP contribution in [0.25, 0.3) is 0 Å². The Morgan fingerprint density at radius 1 is 1.58 bits per heavy atom. The monoisotopic (exact) mass is 194 g/mol. The van der Waals surface area contributed by atoms with E-state index in [2.05, 4.69) is 0 Å². The van der Waals surface area contributed by atoms with Crippen molar-refractivity contribution in [1.82, 2.24) is 4.72 Å². The molecule has 0 aromatic rings. The Hall–Kier alpha value is -0.950. The van der Waals surface area contributed by atoms with Gasteiger partial charge < -0.3 is 5.11 Å². The summed E-state index contributed by atoms with van der Waals surface area (Å²) in [6.45, 7) is 0.957. The van der Waals surface area contributed by atoms with Gasteiger partial charge in [-0.25, -0.2) is 17.9 Å². The van der Waals surface area contributed by atoms with E-state index in [1.54, 1.807) is 0 Å². The lowest BCUT2D eigenvalue weighted by Crippen LogP contribution is -2.33. The van der Waals surface area contributed by atoms with Gasteiger partial charge in [0.1, 0.15) is 5.71 Å². The van der Waals surface area contributed by atoms with Crippen LogP contribution in [-0.2, 0) is 14.8 Å². The van der Waals surface area contributed by atoms with Crippen LogP contribution in [0.4, 0.5) is 0 Å². The highest BCUT2D eigenvalue weighted by molar-refractivity contribution is 7.89. The van der Waals surface area contributed by atoms with E-state index in [0.29, 0.717) is 0 Å². The van der Waals surface area contributed by atoms with Crippen molar-refractivity contribution in [3.05, 3.63) is 0 Å². The van der Waals surface area contributed by atoms with Gasteiger partial charge in [0.2, 0.25) is 10.0 Å². The maximum atomic E-state index is 10.7. The van der Waals surface area contributed by atoms with Crippen molar-refractivity contribution in [3.8, 4) is 0 Å². The number of carbonyl (C=O) groups is 1. The van der Waals surface area contributed by atoms with Crippen molar-refractivity contribution in [1.29, 1.82) is 5.41 Å². The predicted octanol–water partition coefficient (Wildman–Crippen LogP) is -0.970. The maximum Gasteiger partial charge on any atom is 0.350 e. The van der Waals surface area contributed by atoms with Crippen molar-refractivity contribution in [2.45, 2.75) is 6.92 Å². The highest BCUT2D eigenvalue weighted by Crippen LogP contribution is 1.81. The van der Waals surface area contributed by atoms with Crippen molar-refractivity contribution in [3.63, 3.8) is 0 Å². The second-order valence-corrected chi connectivity index (χ2v) is 4.10. The molecule has 0 amide bonds. The molecule has 0 heterocycles. The fourth-order valence-electron chi connectivity index (χ4n) is 0.360. The molecule has 0 atom stereocenters. The van der Waals surface area contributed by atoms with E-state index in [1.807, 2.05) is 4.72 Å². The minimum absolute atomic E-state index is 0.125. The Morgan fingerprint density at radius 3 is 2.42 bits per heavy atom. The van der Waals surface area contributed by atoms with Gasteiger partial charge >= 0.3 is 5.97 Å². The second kappa shape index (κ2) is 4.17. The van der Waals surface area contributed by atoms with E-state index in [0.717, 1.165) is 0 Å². The van der Waals surface area contributed by atoms with Gasteiger partial charge in [-0.3, -0.25) is 5.41 Å². The minimum atomic E-state index is -3.40. The van der Waals surface area contributed by atoms with Crippen LogP contribution in [0.1, 0.15) is 6.92 Å². The number of sulfonamides is 1. The first kappa shape index (κ1) is 11.1. The van der Waals surface area contributed by atoms with Gasteiger partial charge in [-0.15, -0.1) is 0 Å². The Morgan fingerprint density at radius 2 is 2.08 bits per heavy atom. The van der Waals surface area contributed by atoms with Crippen molar-refractivity contribution in [2.24, 2.45) is 0 Å². The Kier molecular flexibility index (Phi) is 3.84. The predicted molar refractivity (Wildman–Crippen MR) is 42.8 cm³/mol. The van der Waals surface area contributed by atoms with Crippen LogP contribution in [0.2, 0.25) is 0 Å². The van der Waals surface area contributed by atoms with Crippen LogP contribution in [0.5, 0.6) is 0 Å². The minimum Gasteiger partial charge on any atom is -0.477 e. The zero-order valence-electron chi connectivity index (χ0n) is 6.49. The van der Waals surface area contributed by atoms with E-state index >= 15 is 0 Å². The molecule has 0 aromatic heterocycles. The van der Waals surface area contributed by atoms with Gasteiger partial charge in [-0.2, -0.15) is 0 Å². The fourth-order valence-corrected chi connectivity index (χ4v) is 0.928. The normalized spacial score (nSPS) is 11.1. The molecule has 6 nitrogen and oxygen atoms in total. The standard InChI is InChI=1S/C5H10N2O4S/c1-2-12(10,11)7-3-4(6)5(8)9/h6-7H,2-3H2,1H3,(H,8,9). The molecule has 0 fully saturated rings.